The minimum Gasteiger partial charge on any atom is -0.497 e. The van der Waals surface area contributed by atoms with Gasteiger partial charge in [-0.15, -0.1) is 11.3 Å². The Morgan fingerprint density at radius 2 is 2.00 bits per heavy atom. The van der Waals surface area contributed by atoms with E-state index >= 15 is 0 Å². The van der Waals surface area contributed by atoms with Crippen molar-refractivity contribution in [3.63, 3.8) is 0 Å². The van der Waals surface area contributed by atoms with E-state index in [9.17, 15) is 4.79 Å². The molecule has 0 aliphatic heterocycles. The van der Waals surface area contributed by atoms with Gasteiger partial charge in [-0.3, -0.25) is 0 Å². The van der Waals surface area contributed by atoms with Gasteiger partial charge in [0.2, 0.25) is 0 Å². The van der Waals surface area contributed by atoms with Crippen LogP contribution in [0.4, 0.5) is 0 Å². The van der Waals surface area contributed by atoms with Gasteiger partial charge in [-0.25, -0.2) is 9.78 Å². The zero-order valence-corrected chi connectivity index (χ0v) is 13.4. The van der Waals surface area contributed by atoms with Crippen molar-refractivity contribution in [1.29, 1.82) is 0 Å². The average Bonchev–Trinajstić information content (AvgIpc) is 3.24. The van der Waals surface area contributed by atoms with Crippen molar-refractivity contribution in [2.24, 2.45) is 0 Å². The van der Waals surface area contributed by atoms with Crippen LogP contribution in [0.1, 0.15) is 16.1 Å². The second kappa shape index (κ2) is 6.72. The van der Waals surface area contributed by atoms with Gasteiger partial charge < -0.3 is 9.47 Å². The van der Waals surface area contributed by atoms with E-state index in [0.717, 1.165) is 22.0 Å². The summed E-state index contributed by atoms with van der Waals surface area (Å²) in [7, 11) is 1.64. The number of thiazole rings is 1. The Labute approximate surface area is 136 Å². The molecule has 0 aliphatic carbocycles. The molecule has 0 saturated heterocycles. The van der Waals surface area contributed by atoms with Gasteiger partial charge in [-0.2, -0.15) is 11.3 Å². The van der Waals surface area contributed by atoms with Gasteiger partial charge in [0.15, 0.2) is 0 Å². The Kier molecular flexibility index (Phi) is 4.50. The van der Waals surface area contributed by atoms with Gasteiger partial charge in [0.25, 0.3) is 0 Å². The van der Waals surface area contributed by atoms with E-state index in [0.29, 0.717) is 5.56 Å². The summed E-state index contributed by atoms with van der Waals surface area (Å²) in [5.41, 5.74) is 2.34. The second-order valence-electron chi connectivity index (χ2n) is 4.46. The van der Waals surface area contributed by atoms with Crippen LogP contribution in [0.3, 0.4) is 0 Å². The van der Waals surface area contributed by atoms with E-state index in [1.165, 1.54) is 22.7 Å². The molecular weight excluding hydrogens is 318 g/mol. The zero-order chi connectivity index (χ0) is 15.4. The summed E-state index contributed by atoms with van der Waals surface area (Å²) >= 11 is 2.99. The smallest absolute Gasteiger partial charge is 0.339 e. The van der Waals surface area contributed by atoms with Gasteiger partial charge in [-0.05, 0) is 35.7 Å². The van der Waals surface area contributed by atoms with Crippen LogP contribution in [-0.4, -0.2) is 18.1 Å². The summed E-state index contributed by atoms with van der Waals surface area (Å²) in [4.78, 5) is 16.3. The summed E-state index contributed by atoms with van der Waals surface area (Å²) < 4.78 is 10.4. The lowest BCUT2D eigenvalue weighted by molar-refractivity contribution is 0.0469. The number of nitrogens with zero attached hydrogens (tertiary/aromatic N) is 1. The molecule has 6 heteroatoms. The van der Waals surface area contributed by atoms with Crippen molar-refractivity contribution in [2.75, 3.05) is 7.11 Å². The summed E-state index contributed by atoms with van der Waals surface area (Å²) in [6.45, 7) is 0.182. The highest BCUT2D eigenvalue weighted by Crippen LogP contribution is 2.26. The van der Waals surface area contributed by atoms with Gasteiger partial charge in [0.1, 0.15) is 17.4 Å². The van der Waals surface area contributed by atoms with Crippen molar-refractivity contribution in [2.45, 2.75) is 6.61 Å². The number of rotatable bonds is 5. The fourth-order valence-corrected chi connectivity index (χ4v) is 3.28. The van der Waals surface area contributed by atoms with E-state index in [1.54, 1.807) is 18.6 Å². The maximum atomic E-state index is 11.8. The lowest BCUT2D eigenvalue weighted by Crippen LogP contribution is -2.03. The molecule has 3 rings (SSSR count). The quantitative estimate of drug-likeness (QED) is 0.656. The van der Waals surface area contributed by atoms with Crippen LogP contribution in [-0.2, 0) is 11.3 Å². The molecule has 0 unspecified atom stereocenters. The molecule has 112 valence electrons. The van der Waals surface area contributed by atoms with Crippen molar-refractivity contribution >= 4 is 28.6 Å². The molecule has 1 aromatic carbocycles. The van der Waals surface area contributed by atoms with Crippen molar-refractivity contribution in [1.82, 2.24) is 4.98 Å². The predicted molar refractivity (Wildman–Crippen MR) is 87.5 cm³/mol. The molecule has 3 aromatic rings. The topological polar surface area (TPSA) is 48.4 Å². The highest BCUT2D eigenvalue weighted by Gasteiger charge is 2.10. The molecule has 0 aliphatic rings. The monoisotopic (exact) mass is 331 g/mol. The first-order valence-electron chi connectivity index (χ1n) is 6.54. The van der Waals surface area contributed by atoms with E-state index < -0.39 is 0 Å². The summed E-state index contributed by atoms with van der Waals surface area (Å²) in [6, 6.07) is 9.45. The standard InChI is InChI=1S/C16H13NO3S2/c1-19-14-4-2-11(3-5-14)15-17-13(10-22-15)8-20-16(18)12-6-7-21-9-12/h2-7,9-10H,8H2,1H3. The highest BCUT2D eigenvalue weighted by atomic mass is 32.1. The van der Waals surface area contributed by atoms with Crippen LogP contribution in [0.25, 0.3) is 10.6 Å². The maximum absolute atomic E-state index is 11.8. The fourth-order valence-electron chi connectivity index (χ4n) is 1.84. The fraction of sp³-hybridized carbons (Fsp3) is 0.125. The molecule has 0 amide bonds. The zero-order valence-electron chi connectivity index (χ0n) is 11.8. The van der Waals surface area contributed by atoms with Crippen LogP contribution in [0.5, 0.6) is 5.75 Å². The molecule has 4 nitrogen and oxygen atoms in total. The number of carbonyl (C=O) groups excluding carboxylic acids is 1. The Balaban J connectivity index is 1.64. The SMILES string of the molecule is COc1ccc(-c2nc(COC(=O)c3ccsc3)cs2)cc1. The molecule has 0 bridgehead atoms. The molecule has 2 aromatic heterocycles. The number of ether oxygens (including phenoxy) is 2. The van der Waals surface area contributed by atoms with Crippen molar-refractivity contribution in [3.8, 4) is 16.3 Å². The van der Waals surface area contributed by atoms with Gasteiger partial charge in [0, 0.05) is 16.3 Å². The van der Waals surface area contributed by atoms with Crippen LogP contribution in [0, 0.1) is 0 Å². The molecule has 0 fully saturated rings. The molecule has 2 heterocycles. The third kappa shape index (κ3) is 3.35. The Morgan fingerprint density at radius 3 is 2.68 bits per heavy atom. The molecule has 0 spiro atoms. The summed E-state index contributed by atoms with van der Waals surface area (Å²) in [5, 5.41) is 6.41. The third-order valence-electron chi connectivity index (χ3n) is 3.00. The first-order valence-corrected chi connectivity index (χ1v) is 8.36. The molecule has 22 heavy (non-hydrogen) atoms. The Bertz CT molecular complexity index is 748. The summed E-state index contributed by atoms with van der Waals surface area (Å²) in [6.07, 6.45) is 0. The number of thiophene rings is 1. The number of aromatic nitrogens is 1. The first-order chi connectivity index (χ1) is 10.8. The largest absolute Gasteiger partial charge is 0.497 e. The number of carbonyl (C=O) groups is 1. The molecule has 0 N–H and O–H groups in total. The van der Waals surface area contributed by atoms with E-state index in [-0.39, 0.29) is 12.6 Å². The molecule has 0 atom stereocenters. The van der Waals surface area contributed by atoms with Crippen molar-refractivity contribution < 1.29 is 14.3 Å². The number of methoxy groups -OCH3 is 1. The first kappa shape index (κ1) is 14.7. The number of hydrogen-bond donors (Lipinski definition) is 0. The predicted octanol–water partition coefficient (Wildman–Crippen LogP) is 4.24. The molecular formula is C16H13NO3S2. The van der Waals surface area contributed by atoms with Crippen LogP contribution in [0.2, 0.25) is 0 Å². The number of hydrogen-bond acceptors (Lipinski definition) is 6. The normalized spacial score (nSPS) is 10.4. The van der Waals surface area contributed by atoms with Crippen LogP contribution < -0.4 is 4.74 Å². The maximum Gasteiger partial charge on any atom is 0.339 e. The average molecular weight is 331 g/mol. The van der Waals surface area contributed by atoms with E-state index in [2.05, 4.69) is 4.98 Å². The van der Waals surface area contributed by atoms with Crippen molar-refractivity contribution in [3.05, 3.63) is 57.7 Å². The lowest BCUT2D eigenvalue weighted by atomic mass is 10.2. The third-order valence-corrected chi connectivity index (χ3v) is 4.62. The Hall–Kier alpha value is -2.18. The minimum absolute atomic E-state index is 0.182. The minimum atomic E-state index is -0.319. The van der Waals surface area contributed by atoms with Gasteiger partial charge in [-0.1, -0.05) is 0 Å². The molecule has 0 radical (unpaired) electrons. The summed E-state index contributed by atoms with van der Waals surface area (Å²) in [5.74, 6) is 0.491. The van der Waals surface area contributed by atoms with Crippen LogP contribution >= 0.6 is 22.7 Å². The second-order valence-corrected chi connectivity index (χ2v) is 6.10. The number of esters is 1. The number of benzene rings is 1. The highest BCUT2D eigenvalue weighted by molar-refractivity contribution is 7.13. The van der Waals surface area contributed by atoms with Gasteiger partial charge in [0.05, 0.1) is 18.4 Å². The van der Waals surface area contributed by atoms with E-state index in [4.69, 9.17) is 9.47 Å². The van der Waals surface area contributed by atoms with Gasteiger partial charge >= 0.3 is 5.97 Å². The Morgan fingerprint density at radius 1 is 1.18 bits per heavy atom. The lowest BCUT2D eigenvalue weighted by Gasteiger charge is -2.01. The van der Waals surface area contributed by atoms with E-state index in [1.807, 2.05) is 35.0 Å². The molecule has 0 saturated carbocycles. The van der Waals surface area contributed by atoms with Crippen LogP contribution in [0.15, 0.2) is 46.5 Å².